The van der Waals surface area contributed by atoms with Gasteiger partial charge in [0.15, 0.2) is 0 Å². The van der Waals surface area contributed by atoms with Crippen molar-refractivity contribution in [2.24, 2.45) is 10.8 Å². The van der Waals surface area contributed by atoms with Gasteiger partial charge in [-0.3, -0.25) is 67.9 Å². The first-order chi connectivity index (χ1) is 43.7. The van der Waals surface area contributed by atoms with E-state index >= 15 is 0 Å². The number of imidazole rings is 1. The highest BCUT2D eigenvalue weighted by Crippen LogP contribution is 2.14. The summed E-state index contributed by atoms with van der Waals surface area (Å²) < 4.78 is 10.8. The number of carbonyl (C=O) groups is 12. The van der Waals surface area contributed by atoms with Crippen molar-refractivity contribution in [3.8, 4) is 0 Å². The third-order valence-electron chi connectivity index (χ3n) is 14.1. The number of amidine groups is 1. The number of nitrogens with one attached hydrogen (secondary N) is 13. The lowest BCUT2D eigenvalue weighted by Crippen LogP contribution is -2.60. The minimum atomic E-state index is -1.70. The van der Waals surface area contributed by atoms with E-state index in [-0.39, 0.29) is 58.0 Å². The second kappa shape index (κ2) is 48.7. The normalized spacial score (nSPS) is 13.3. The van der Waals surface area contributed by atoms with Gasteiger partial charge in [-0.15, -0.1) is 10.6 Å². The van der Waals surface area contributed by atoms with Crippen LogP contribution in [0.2, 0.25) is 0 Å². The van der Waals surface area contributed by atoms with Gasteiger partial charge >= 0.3 is 11.9 Å². The number of carboxylic acids is 2. The second-order valence-corrected chi connectivity index (χ2v) is 21.8. The van der Waals surface area contributed by atoms with Crippen LogP contribution in [0.3, 0.4) is 0 Å². The molecule has 1 aliphatic heterocycles. The predicted octanol–water partition coefficient (Wildman–Crippen LogP) is -3.02. The number of hydrazone groups is 1. The summed E-state index contributed by atoms with van der Waals surface area (Å²) in [5.41, 5.74) is 14.1. The van der Waals surface area contributed by atoms with E-state index in [2.05, 4.69) is 79.4 Å². The number of aromatic amines is 1. The first-order valence-electron chi connectivity index (χ1n) is 31.3. The van der Waals surface area contributed by atoms with Crippen molar-refractivity contribution in [2.75, 3.05) is 79.4 Å². The Balaban J connectivity index is 1.86. The van der Waals surface area contributed by atoms with Crippen LogP contribution < -0.4 is 70.1 Å². The van der Waals surface area contributed by atoms with E-state index in [0.717, 1.165) is 42.8 Å². The third kappa shape index (κ3) is 38.9. The molecular formula is C57H99N17O17. The maximum Gasteiger partial charge on any atom is 0.317 e. The Labute approximate surface area is 530 Å². The van der Waals surface area contributed by atoms with E-state index in [1.54, 1.807) is 0 Å². The van der Waals surface area contributed by atoms with Gasteiger partial charge in [0.25, 0.3) is 0 Å². The number of carbonyl (C=O) groups excluding carboxylic acids is 10. The number of carboxylic acid groups (broad SMARTS) is 2. The minimum Gasteiger partial charge on any atom is -0.480 e. The van der Waals surface area contributed by atoms with Crippen LogP contribution in [0.5, 0.6) is 0 Å². The van der Waals surface area contributed by atoms with Gasteiger partial charge in [0, 0.05) is 57.7 Å². The summed E-state index contributed by atoms with van der Waals surface area (Å²) >= 11 is 0. The summed E-state index contributed by atoms with van der Waals surface area (Å²) in [4.78, 5) is 161. The monoisotopic (exact) mass is 1290 g/mol. The van der Waals surface area contributed by atoms with Gasteiger partial charge in [0.2, 0.25) is 59.1 Å². The number of aromatic nitrogens is 2. The molecule has 0 fully saturated rings. The van der Waals surface area contributed by atoms with E-state index in [4.69, 9.17) is 25.4 Å². The van der Waals surface area contributed by atoms with Gasteiger partial charge in [-0.25, -0.2) is 10.5 Å². The molecule has 2 rings (SSSR count). The lowest BCUT2D eigenvalue weighted by Gasteiger charge is -2.27. The number of aliphatic carboxylic acids is 2. The Bertz CT molecular complexity index is 2410. The third-order valence-corrected chi connectivity index (χ3v) is 14.1. The van der Waals surface area contributed by atoms with Gasteiger partial charge in [0.1, 0.15) is 42.7 Å². The number of unbranched alkanes of at least 4 members (excludes halogenated alkanes) is 13. The molecule has 0 aromatic carbocycles. The van der Waals surface area contributed by atoms with E-state index in [1.807, 2.05) is 6.92 Å². The number of aliphatic hydroxyl groups is 1. The number of ether oxygens (including phenoxy) is 2. The quantitative estimate of drug-likeness (QED) is 0.0289. The summed E-state index contributed by atoms with van der Waals surface area (Å²) in [6.07, 6.45) is 19.3. The molecule has 1 aliphatic rings. The smallest absolute Gasteiger partial charge is 0.317 e. The van der Waals surface area contributed by atoms with E-state index in [9.17, 15) is 62.6 Å². The van der Waals surface area contributed by atoms with E-state index in [0.29, 0.717) is 31.5 Å². The number of nitrogens with zero attached hydrogens (tertiary/aromatic N) is 3. The number of primary amides is 1. The highest BCUT2D eigenvalue weighted by atomic mass is 16.5. The van der Waals surface area contributed by atoms with Crippen LogP contribution >= 0.6 is 0 Å². The molecule has 91 heavy (non-hydrogen) atoms. The molecule has 514 valence electrons. The Morgan fingerprint density at radius 2 is 1.12 bits per heavy atom. The molecular weight excluding hydrogens is 1190 g/mol. The number of likely N-dealkylation sites (N-methyl/N-ethyl adjacent to an activating group) is 1. The highest BCUT2D eigenvalue weighted by molar-refractivity contribution is 5.97. The topological polar surface area (TPSA) is 499 Å². The van der Waals surface area contributed by atoms with Gasteiger partial charge in [0.05, 0.1) is 58.9 Å². The zero-order chi connectivity index (χ0) is 67.0. The fourth-order valence-electron chi connectivity index (χ4n) is 9.20. The maximum atomic E-state index is 14.3. The largest absolute Gasteiger partial charge is 0.480 e. The predicted molar refractivity (Wildman–Crippen MR) is 329 cm³/mol. The Kier molecular flexibility index (Phi) is 42.3. The zero-order valence-electron chi connectivity index (χ0n) is 52.6. The molecule has 1 aromatic rings. The average Bonchev–Trinajstić information content (AvgIpc) is 3.21. The van der Waals surface area contributed by atoms with Crippen molar-refractivity contribution >= 4 is 76.8 Å². The lowest BCUT2D eigenvalue weighted by atomic mass is 10.0. The first kappa shape index (κ1) is 79.0. The van der Waals surface area contributed by atoms with Crippen LogP contribution in [0.15, 0.2) is 17.6 Å². The van der Waals surface area contributed by atoms with Gasteiger partial charge < -0.3 is 83.4 Å². The van der Waals surface area contributed by atoms with Crippen LogP contribution in [-0.4, -0.2) is 217 Å². The number of rotatable bonds is 55. The molecule has 0 radical (unpaired) electrons. The van der Waals surface area contributed by atoms with Crippen molar-refractivity contribution in [3.63, 3.8) is 0 Å². The van der Waals surface area contributed by atoms with Crippen molar-refractivity contribution < 1.29 is 82.3 Å². The highest BCUT2D eigenvalue weighted by Gasteiger charge is 2.33. The summed E-state index contributed by atoms with van der Waals surface area (Å²) in [5, 5.41) is 54.9. The molecule has 10 amide bonds. The Morgan fingerprint density at radius 1 is 0.571 bits per heavy atom. The Morgan fingerprint density at radius 3 is 1.68 bits per heavy atom. The summed E-state index contributed by atoms with van der Waals surface area (Å²) in [6.45, 7) is -1.78. The second-order valence-electron chi connectivity index (χ2n) is 21.8. The van der Waals surface area contributed by atoms with Crippen molar-refractivity contribution in [3.05, 3.63) is 18.2 Å². The summed E-state index contributed by atoms with van der Waals surface area (Å²) in [5.74, 6) is -9.56. The number of amides is 10. The number of hydrogen-bond acceptors (Lipinski definition) is 21. The molecule has 34 heteroatoms. The Hall–Kier alpha value is -8.08. The first-order valence-corrected chi connectivity index (χ1v) is 31.3. The molecule has 34 nitrogen and oxygen atoms in total. The molecule has 0 saturated heterocycles. The van der Waals surface area contributed by atoms with E-state index < -0.39 is 148 Å². The molecule has 0 saturated carbocycles. The summed E-state index contributed by atoms with van der Waals surface area (Å²) in [6, 6.07) is -7.35. The molecule has 18 N–H and O–H groups in total. The van der Waals surface area contributed by atoms with Crippen molar-refractivity contribution in [1.29, 1.82) is 0 Å². The van der Waals surface area contributed by atoms with E-state index in [1.165, 1.54) is 77.4 Å². The zero-order valence-corrected chi connectivity index (χ0v) is 52.6. The maximum absolute atomic E-state index is 14.3. The molecule has 2 heterocycles. The lowest BCUT2D eigenvalue weighted by molar-refractivity contribution is -0.142. The van der Waals surface area contributed by atoms with Gasteiger partial charge in [-0.05, 0) is 38.5 Å². The van der Waals surface area contributed by atoms with Crippen LogP contribution in [-0.2, 0) is 73.4 Å². The number of hydrogen-bond donors (Lipinski definition) is 17. The number of H-pyrrole nitrogens is 1. The van der Waals surface area contributed by atoms with Crippen LogP contribution in [0.25, 0.3) is 0 Å². The fourth-order valence-corrected chi connectivity index (χ4v) is 9.20. The van der Waals surface area contributed by atoms with Crippen LogP contribution in [0.1, 0.15) is 154 Å². The number of aliphatic hydroxyl groups excluding tert-OH is 1. The van der Waals surface area contributed by atoms with Crippen molar-refractivity contribution in [2.45, 2.75) is 185 Å². The minimum absolute atomic E-state index is 0.0123. The summed E-state index contributed by atoms with van der Waals surface area (Å²) in [7, 11) is 1.37. The van der Waals surface area contributed by atoms with Gasteiger partial charge in [-0.1, -0.05) is 90.4 Å². The molecule has 1 aromatic heterocycles. The molecule has 5 unspecified atom stereocenters. The number of nitrogens with two attached hydrogens (primary N) is 1. The molecule has 0 spiro atoms. The fraction of sp³-hybridized carbons (Fsp3) is 0.719. The van der Waals surface area contributed by atoms with Crippen molar-refractivity contribution in [1.82, 2.24) is 79.2 Å². The average molecular weight is 1290 g/mol. The van der Waals surface area contributed by atoms with Gasteiger partial charge in [-0.2, -0.15) is 0 Å². The molecule has 0 bridgehead atoms. The van der Waals surface area contributed by atoms with Crippen LogP contribution in [0.4, 0.5) is 0 Å². The number of hydrazine groups is 2. The molecule has 0 aliphatic carbocycles. The SMILES string of the molecule is CCCCC(NC(=O)C(CCCNC(=O)CN(CC(=O)O)CC(=O)O)NC(=O)C(Cc1cnc[nH]1)NC(=O)C(CCC(N)=O)NC(=O)C(CO)NC(=O)CNC(=O)COCCOCCNC(=O)CCCCCCCCCCCCCCCC1=NNNN1)C(=O)NC. The molecule has 5 atom stereocenters. The standard InChI is InChI=1S/C57H99N17O17/c1-3-4-19-40(53(85)59-2)66-54(86)41(20-18-25-61-49(79)33-74(34-51(81)82)35-52(83)84)67-56(88)43(30-39-31-60-38-64-39)69-55(87)42(23-24-45(58)76)68-57(89)44(36-75)65-48(78)32-63-50(80)37-91-29-28-90-27-26-62-47(77)22-17-15-13-11-9-7-5-6-8-10-12-14-16-21-46-70-72-73-71-46/h31,38,40-44,72-73,75H,3-30,32-37H2,1-2H3,(H2,58,76)(H,59,85)(H,60,64)(H,61,79)(H,62,77)(H,63,80)(H,65,78)(H,66,86)(H,67,88)(H,68,89)(H,69,87)(H,70,71)(H,81,82)(H,83,84). The van der Waals surface area contributed by atoms with Crippen LogP contribution in [0, 0.1) is 0 Å².